The molecule has 1 aliphatic heterocycles. The highest BCUT2D eigenvalue weighted by atomic mass is 32.2. The Morgan fingerprint density at radius 1 is 1.60 bits per heavy atom. The minimum absolute atomic E-state index is 0.0682. The SMILES string of the molecule is CC(=O)Cc1noc(C2CCCCS2)n1. The summed E-state index contributed by atoms with van der Waals surface area (Å²) in [6.07, 6.45) is 3.88. The molecule has 1 aromatic rings. The third kappa shape index (κ3) is 2.81. The third-order valence-electron chi connectivity index (χ3n) is 2.35. The molecule has 15 heavy (non-hydrogen) atoms. The first-order chi connectivity index (χ1) is 7.25. The highest BCUT2D eigenvalue weighted by molar-refractivity contribution is 7.99. The topological polar surface area (TPSA) is 56.0 Å². The number of aromatic nitrogens is 2. The average Bonchev–Trinajstić information content (AvgIpc) is 2.67. The van der Waals surface area contributed by atoms with Crippen LogP contribution < -0.4 is 0 Å². The molecule has 0 aromatic carbocycles. The predicted molar refractivity (Wildman–Crippen MR) is 57.7 cm³/mol. The molecular weight excluding hydrogens is 212 g/mol. The van der Waals surface area contributed by atoms with Gasteiger partial charge in [-0.15, -0.1) is 11.8 Å². The van der Waals surface area contributed by atoms with Crippen molar-refractivity contribution >= 4 is 17.5 Å². The Hall–Kier alpha value is -0.840. The predicted octanol–water partition coefficient (Wildman–Crippen LogP) is 2.16. The Balaban J connectivity index is 2.02. The summed E-state index contributed by atoms with van der Waals surface area (Å²) in [6, 6.07) is 0. The van der Waals surface area contributed by atoms with Crippen LogP contribution in [0, 0.1) is 0 Å². The molecule has 0 N–H and O–H groups in total. The second kappa shape index (κ2) is 4.79. The van der Waals surface area contributed by atoms with Gasteiger partial charge in [-0.05, 0) is 25.5 Å². The summed E-state index contributed by atoms with van der Waals surface area (Å²) in [4.78, 5) is 15.1. The number of ketones is 1. The molecule has 0 spiro atoms. The zero-order chi connectivity index (χ0) is 10.7. The van der Waals surface area contributed by atoms with E-state index in [4.69, 9.17) is 4.52 Å². The van der Waals surface area contributed by atoms with Gasteiger partial charge < -0.3 is 4.52 Å². The van der Waals surface area contributed by atoms with Gasteiger partial charge in [0.15, 0.2) is 5.82 Å². The molecule has 1 atom stereocenters. The fourth-order valence-corrected chi connectivity index (χ4v) is 2.86. The van der Waals surface area contributed by atoms with Gasteiger partial charge in [0.2, 0.25) is 5.89 Å². The van der Waals surface area contributed by atoms with Gasteiger partial charge in [0, 0.05) is 0 Å². The number of hydrogen-bond acceptors (Lipinski definition) is 5. The van der Waals surface area contributed by atoms with Crippen LogP contribution in [-0.4, -0.2) is 21.7 Å². The highest BCUT2D eigenvalue weighted by Gasteiger charge is 2.22. The van der Waals surface area contributed by atoms with Crippen LogP contribution in [0.4, 0.5) is 0 Å². The molecule has 82 valence electrons. The van der Waals surface area contributed by atoms with Gasteiger partial charge in [-0.3, -0.25) is 4.79 Å². The van der Waals surface area contributed by atoms with Crippen molar-refractivity contribution in [3.8, 4) is 0 Å². The van der Waals surface area contributed by atoms with E-state index in [0.717, 1.165) is 12.2 Å². The summed E-state index contributed by atoms with van der Waals surface area (Å²) in [7, 11) is 0. The van der Waals surface area contributed by atoms with E-state index in [0.29, 0.717) is 17.0 Å². The van der Waals surface area contributed by atoms with Crippen LogP contribution in [0.1, 0.15) is 43.2 Å². The number of rotatable bonds is 3. The standard InChI is InChI=1S/C10H14N2O2S/c1-7(13)6-9-11-10(14-12-9)8-4-2-3-5-15-8/h8H,2-6H2,1H3. The lowest BCUT2D eigenvalue weighted by atomic mass is 10.2. The summed E-state index contributed by atoms with van der Waals surface area (Å²) < 4.78 is 5.17. The van der Waals surface area contributed by atoms with E-state index in [-0.39, 0.29) is 12.2 Å². The molecular formula is C10H14N2O2S. The number of nitrogens with zero attached hydrogens (tertiary/aromatic N) is 2. The Morgan fingerprint density at radius 2 is 2.47 bits per heavy atom. The number of thioether (sulfide) groups is 1. The van der Waals surface area contributed by atoms with Crippen molar-refractivity contribution < 1.29 is 9.32 Å². The number of carbonyl (C=O) groups excluding carboxylic acids is 1. The lowest BCUT2D eigenvalue weighted by molar-refractivity contribution is -0.116. The lowest BCUT2D eigenvalue weighted by Crippen LogP contribution is -2.03. The van der Waals surface area contributed by atoms with Gasteiger partial charge in [0.25, 0.3) is 0 Å². The molecule has 5 heteroatoms. The largest absolute Gasteiger partial charge is 0.338 e. The molecule has 4 nitrogen and oxygen atoms in total. The maximum absolute atomic E-state index is 10.9. The smallest absolute Gasteiger partial charge is 0.239 e. The van der Waals surface area contributed by atoms with E-state index in [9.17, 15) is 4.79 Å². The minimum atomic E-state index is 0.0682. The van der Waals surface area contributed by atoms with Crippen LogP contribution in [0.5, 0.6) is 0 Å². The summed E-state index contributed by atoms with van der Waals surface area (Å²) >= 11 is 1.87. The van der Waals surface area contributed by atoms with Gasteiger partial charge >= 0.3 is 0 Å². The maximum atomic E-state index is 10.9. The summed E-state index contributed by atoms with van der Waals surface area (Å²) in [5.74, 6) is 2.44. The molecule has 2 rings (SSSR count). The van der Waals surface area contributed by atoms with Crippen molar-refractivity contribution in [2.75, 3.05) is 5.75 Å². The lowest BCUT2D eigenvalue weighted by Gasteiger charge is -2.16. The van der Waals surface area contributed by atoms with Gasteiger partial charge in [-0.25, -0.2) is 0 Å². The molecule has 0 bridgehead atoms. The molecule has 1 saturated heterocycles. The van der Waals surface area contributed by atoms with Crippen LogP contribution >= 0.6 is 11.8 Å². The molecule has 0 radical (unpaired) electrons. The Morgan fingerprint density at radius 3 is 3.13 bits per heavy atom. The van der Waals surface area contributed by atoms with E-state index in [1.807, 2.05) is 11.8 Å². The molecule has 1 aliphatic rings. The molecule has 1 unspecified atom stereocenters. The van der Waals surface area contributed by atoms with Crippen molar-refractivity contribution in [2.24, 2.45) is 0 Å². The van der Waals surface area contributed by atoms with Crippen LogP contribution in [0.25, 0.3) is 0 Å². The van der Waals surface area contributed by atoms with Crippen LogP contribution in [0.3, 0.4) is 0 Å². The third-order valence-corrected chi connectivity index (χ3v) is 3.71. The van der Waals surface area contributed by atoms with Crippen LogP contribution in [-0.2, 0) is 11.2 Å². The number of Topliss-reactive ketones (excluding diaryl/α,β-unsaturated/α-hetero) is 1. The fourth-order valence-electron chi connectivity index (χ4n) is 1.63. The van der Waals surface area contributed by atoms with E-state index < -0.39 is 0 Å². The van der Waals surface area contributed by atoms with Crippen LogP contribution in [0.15, 0.2) is 4.52 Å². The van der Waals surface area contributed by atoms with E-state index in [2.05, 4.69) is 10.1 Å². The molecule has 0 saturated carbocycles. The second-order valence-corrected chi connectivity index (χ2v) is 5.09. The molecule has 2 heterocycles. The fraction of sp³-hybridized carbons (Fsp3) is 0.700. The van der Waals surface area contributed by atoms with Gasteiger partial charge in [-0.1, -0.05) is 11.6 Å². The summed E-state index contributed by atoms with van der Waals surface area (Å²) in [5, 5.41) is 4.15. The first-order valence-corrected chi connectivity index (χ1v) is 6.24. The van der Waals surface area contributed by atoms with Crippen LogP contribution in [0.2, 0.25) is 0 Å². The number of hydrogen-bond donors (Lipinski definition) is 0. The van der Waals surface area contributed by atoms with E-state index >= 15 is 0 Å². The first kappa shape index (κ1) is 10.7. The Kier molecular flexibility index (Phi) is 3.41. The molecule has 0 aliphatic carbocycles. The van der Waals surface area contributed by atoms with E-state index in [1.165, 1.54) is 19.8 Å². The molecule has 0 amide bonds. The van der Waals surface area contributed by atoms with Gasteiger partial charge in [0.05, 0.1) is 11.7 Å². The molecule has 1 aromatic heterocycles. The van der Waals surface area contributed by atoms with Crippen molar-refractivity contribution in [2.45, 2.75) is 37.9 Å². The Bertz CT molecular complexity index is 345. The zero-order valence-corrected chi connectivity index (χ0v) is 9.55. The Labute approximate surface area is 92.8 Å². The molecule has 1 fully saturated rings. The first-order valence-electron chi connectivity index (χ1n) is 5.19. The minimum Gasteiger partial charge on any atom is -0.338 e. The van der Waals surface area contributed by atoms with Gasteiger partial charge in [-0.2, -0.15) is 4.98 Å². The van der Waals surface area contributed by atoms with Crippen molar-refractivity contribution in [1.82, 2.24) is 10.1 Å². The average molecular weight is 226 g/mol. The van der Waals surface area contributed by atoms with Crippen molar-refractivity contribution in [3.05, 3.63) is 11.7 Å². The van der Waals surface area contributed by atoms with E-state index in [1.54, 1.807) is 0 Å². The highest BCUT2D eigenvalue weighted by Crippen LogP contribution is 2.37. The zero-order valence-electron chi connectivity index (χ0n) is 8.73. The quantitative estimate of drug-likeness (QED) is 0.790. The van der Waals surface area contributed by atoms with Crippen molar-refractivity contribution in [1.29, 1.82) is 0 Å². The van der Waals surface area contributed by atoms with Gasteiger partial charge in [0.1, 0.15) is 5.78 Å². The second-order valence-electron chi connectivity index (χ2n) is 3.78. The summed E-state index contributed by atoms with van der Waals surface area (Å²) in [6.45, 7) is 1.53. The maximum Gasteiger partial charge on any atom is 0.239 e. The van der Waals surface area contributed by atoms with Crippen molar-refractivity contribution in [3.63, 3.8) is 0 Å². The normalized spacial score (nSPS) is 21.5. The monoisotopic (exact) mass is 226 g/mol. The summed E-state index contributed by atoms with van der Waals surface area (Å²) in [5.41, 5.74) is 0. The number of carbonyl (C=O) groups is 1.